The lowest BCUT2D eigenvalue weighted by atomic mass is 10.1. The maximum absolute atomic E-state index is 11.2. The minimum Gasteiger partial charge on any atom is -0.496 e. The van der Waals surface area contributed by atoms with E-state index >= 15 is 0 Å². The van der Waals surface area contributed by atoms with Crippen LogP contribution in [0.5, 0.6) is 5.75 Å². The summed E-state index contributed by atoms with van der Waals surface area (Å²) in [5.41, 5.74) is 1.85. The summed E-state index contributed by atoms with van der Waals surface area (Å²) >= 11 is 0. The fraction of sp³-hybridized carbons (Fsp3) is 0.562. The third-order valence-corrected chi connectivity index (χ3v) is 3.12. The van der Waals surface area contributed by atoms with Crippen LogP contribution in [-0.2, 0) is 9.53 Å². The van der Waals surface area contributed by atoms with Crippen molar-refractivity contribution >= 4 is 5.97 Å². The quantitative estimate of drug-likeness (QED) is 0.538. The summed E-state index contributed by atoms with van der Waals surface area (Å²) in [6, 6.07) is 5.72. The Bertz CT molecular complexity index is 448. The Morgan fingerprint density at radius 2 is 2.19 bits per heavy atom. The van der Waals surface area contributed by atoms with E-state index in [1.165, 1.54) is 0 Å². The van der Waals surface area contributed by atoms with Gasteiger partial charge in [-0.25, -0.2) is 0 Å². The average Bonchev–Trinajstić information content (AvgIpc) is 2.47. The van der Waals surface area contributed by atoms with Crippen molar-refractivity contribution in [3.05, 3.63) is 29.3 Å². The number of methoxy groups -OCH3 is 1. The summed E-state index contributed by atoms with van der Waals surface area (Å²) in [7, 11) is 1.59. The molecule has 21 heavy (non-hydrogen) atoms. The van der Waals surface area contributed by atoms with Gasteiger partial charge >= 0.3 is 5.97 Å². The summed E-state index contributed by atoms with van der Waals surface area (Å²) in [6.07, 6.45) is 0.448. The van der Waals surface area contributed by atoms with E-state index in [-0.39, 0.29) is 5.97 Å². The summed E-state index contributed by atoms with van der Waals surface area (Å²) in [4.78, 5) is 11.2. The van der Waals surface area contributed by atoms with E-state index in [1.807, 2.05) is 25.1 Å². The number of benzene rings is 1. The van der Waals surface area contributed by atoms with Crippen LogP contribution in [0.25, 0.3) is 0 Å². The summed E-state index contributed by atoms with van der Waals surface area (Å²) in [6.45, 7) is 5.26. The smallest absolute Gasteiger partial charge is 0.305 e. The Morgan fingerprint density at radius 3 is 2.86 bits per heavy atom. The molecule has 5 heteroatoms. The van der Waals surface area contributed by atoms with E-state index in [0.29, 0.717) is 38.3 Å². The first-order chi connectivity index (χ1) is 10.1. The lowest BCUT2D eigenvalue weighted by Gasteiger charge is -2.16. The van der Waals surface area contributed by atoms with Gasteiger partial charge in [-0.1, -0.05) is 11.6 Å². The van der Waals surface area contributed by atoms with E-state index < -0.39 is 6.10 Å². The van der Waals surface area contributed by atoms with Crippen LogP contribution in [0.15, 0.2) is 18.2 Å². The zero-order valence-electron chi connectivity index (χ0n) is 13.0. The van der Waals surface area contributed by atoms with E-state index in [1.54, 1.807) is 14.0 Å². The lowest BCUT2D eigenvalue weighted by Crippen LogP contribution is -2.23. The molecule has 0 saturated carbocycles. The molecule has 1 rings (SSSR count). The SMILES string of the molecule is CCOC(=O)CCCNCC(O)c1cc(C)ccc1OC. The molecule has 0 aliphatic heterocycles. The Kier molecular flexibility index (Phi) is 7.79. The number of aliphatic hydroxyl groups is 1. The number of hydrogen-bond donors (Lipinski definition) is 2. The Hall–Kier alpha value is -1.59. The molecule has 0 spiro atoms. The maximum Gasteiger partial charge on any atom is 0.305 e. The van der Waals surface area contributed by atoms with Crippen molar-refractivity contribution in [2.24, 2.45) is 0 Å². The zero-order valence-corrected chi connectivity index (χ0v) is 13.0. The van der Waals surface area contributed by atoms with Gasteiger partial charge in [0.2, 0.25) is 0 Å². The van der Waals surface area contributed by atoms with Crippen LogP contribution in [-0.4, -0.2) is 37.9 Å². The molecule has 0 amide bonds. The molecule has 0 aliphatic carbocycles. The maximum atomic E-state index is 11.2. The summed E-state index contributed by atoms with van der Waals surface area (Å²) in [5, 5.41) is 13.4. The second-order valence-corrected chi connectivity index (χ2v) is 4.87. The van der Waals surface area contributed by atoms with Gasteiger partial charge in [0, 0.05) is 18.5 Å². The van der Waals surface area contributed by atoms with E-state index in [0.717, 1.165) is 11.1 Å². The Morgan fingerprint density at radius 1 is 1.43 bits per heavy atom. The largest absolute Gasteiger partial charge is 0.496 e. The Balaban J connectivity index is 2.35. The summed E-state index contributed by atoms with van der Waals surface area (Å²) < 4.78 is 10.1. The molecular formula is C16H25NO4. The zero-order chi connectivity index (χ0) is 15.7. The third-order valence-electron chi connectivity index (χ3n) is 3.12. The normalized spacial score (nSPS) is 12.0. The highest BCUT2D eigenvalue weighted by atomic mass is 16.5. The van der Waals surface area contributed by atoms with Crippen molar-refractivity contribution in [1.82, 2.24) is 5.32 Å². The number of aliphatic hydroxyl groups excluding tert-OH is 1. The summed E-state index contributed by atoms with van der Waals surface area (Å²) in [5.74, 6) is 0.502. The monoisotopic (exact) mass is 295 g/mol. The van der Waals surface area contributed by atoms with Crippen molar-refractivity contribution in [3.8, 4) is 5.75 Å². The first-order valence-corrected chi connectivity index (χ1v) is 7.27. The van der Waals surface area contributed by atoms with Crippen LogP contribution in [0.4, 0.5) is 0 Å². The number of nitrogens with one attached hydrogen (secondary N) is 1. The fourth-order valence-electron chi connectivity index (χ4n) is 2.05. The van der Waals surface area contributed by atoms with Crippen LogP contribution < -0.4 is 10.1 Å². The van der Waals surface area contributed by atoms with Crippen LogP contribution in [0.2, 0.25) is 0 Å². The van der Waals surface area contributed by atoms with Gasteiger partial charge < -0.3 is 19.9 Å². The van der Waals surface area contributed by atoms with Gasteiger partial charge in [-0.3, -0.25) is 4.79 Å². The van der Waals surface area contributed by atoms with Crippen molar-refractivity contribution in [3.63, 3.8) is 0 Å². The predicted octanol–water partition coefficient (Wildman–Crippen LogP) is 1.97. The van der Waals surface area contributed by atoms with Crippen molar-refractivity contribution < 1.29 is 19.4 Å². The van der Waals surface area contributed by atoms with E-state index in [4.69, 9.17) is 9.47 Å². The number of hydrogen-bond acceptors (Lipinski definition) is 5. The lowest BCUT2D eigenvalue weighted by molar-refractivity contribution is -0.143. The van der Waals surface area contributed by atoms with Crippen molar-refractivity contribution in [1.29, 1.82) is 0 Å². The molecule has 0 saturated heterocycles. The first-order valence-electron chi connectivity index (χ1n) is 7.27. The van der Waals surface area contributed by atoms with Crippen LogP contribution in [0.3, 0.4) is 0 Å². The Labute approximate surface area is 126 Å². The van der Waals surface area contributed by atoms with Crippen LogP contribution in [0, 0.1) is 6.92 Å². The van der Waals surface area contributed by atoms with Gasteiger partial charge in [0.15, 0.2) is 0 Å². The van der Waals surface area contributed by atoms with Gasteiger partial charge in [-0.15, -0.1) is 0 Å². The molecule has 0 radical (unpaired) electrons. The van der Waals surface area contributed by atoms with Gasteiger partial charge in [0.1, 0.15) is 5.75 Å². The molecule has 0 bridgehead atoms. The molecular weight excluding hydrogens is 270 g/mol. The highest BCUT2D eigenvalue weighted by Gasteiger charge is 2.13. The number of esters is 1. The van der Waals surface area contributed by atoms with Crippen LogP contribution >= 0.6 is 0 Å². The topological polar surface area (TPSA) is 67.8 Å². The second-order valence-electron chi connectivity index (χ2n) is 4.87. The minimum absolute atomic E-state index is 0.180. The van der Waals surface area contributed by atoms with Crippen LogP contribution in [0.1, 0.15) is 37.0 Å². The van der Waals surface area contributed by atoms with Gasteiger partial charge in [-0.2, -0.15) is 0 Å². The molecule has 1 aromatic carbocycles. The minimum atomic E-state index is -0.637. The molecule has 5 nitrogen and oxygen atoms in total. The predicted molar refractivity (Wildman–Crippen MR) is 81.4 cm³/mol. The van der Waals surface area contributed by atoms with E-state index in [2.05, 4.69) is 5.32 Å². The van der Waals surface area contributed by atoms with Crippen molar-refractivity contribution in [2.75, 3.05) is 26.8 Å². The molecule has 0 aliphatic rings. The first kappa shape index (κ1) is 17.5. The molecule has 2 N–H and O–H groups in total. The molecule has 0 aromatic heterocycles. The second kappa shape index (κ2) is 9.37. The third kappa shape index (κ3) is 6.14. The number of aryl methyl sites for hydroxylation is 1. The molecule has 1 unspecified atom stereocenters. The highest BCUT2D eigenvalue weighted by Crippen LogP contribution is 2.25. The molecule has 118 valence electrons. The average molecular weight is 295 g/mol. The molecule has 0 fully saturated rings. The fourth-order valence-corrected chi connectivity index (χ4v) is 2.05. The van der Waals surface area contributed by atoms with E-state index in [9.17, 15) is 9.90 Å². The number of carbonyl (C=O) groups is 1. The molecule has 0 heterocycles. The standard InChI is InChI=1S/C16H25NO4/c1-4-21-16(19)6-5-9-17-11-14(18)13-10-12(2)7-8-15(13)20-3/h7-8,10,14,17-18H,4-6,9,11H2,1-3H3. The van der Waals surface area contributed by atoms with Gasteiger partial charge in [0.05, 0.1) is 19.8 Å². The molecule has 1 atom stereocenters. The van der Waals surface area contributed by atoms with Gasteiger partial charge in [-0.05, 0) is 38.9 Å². The number of rotatable bonds is 9. The number of ether oxygens (including phenoxy) is 2. The molecule has 1 aromatic rings. The highest BCUT2D eigenvalue weighted by molar-refractivity contribution is 5.69. The van der Waals surface area contributed by atoms with Gasteiger partial charge in [0.25, 0.3) is 0 Å². The van der Waals surface area contributed by atoms with Crippen molar-refractivity contribution in [2.45, 2.75) is 32.8 Å². The number of carbonyl (C=O) groups excluding carboxylic acids is 1.